The summed E-state index contributed by atoms with van der Waals surface area (Å²) in [7, 11) is 1.40. The molecular formula is C26H26FN3O4. The maximum Gasteiger partial charge on any atom is 0.257 e. The van der Waals surface area contributed by atoms with Crippen molar-refractivity contribution in [1.29, 1.82) is 0 Å². The summed E-state index contributed by atoms with van der Waals surface area (Å²) < 4.78 is 24.8. The fraction of sp³-hybridized carbons (Fsp3) is 0.269. The molecule has 1 amide bonds. The predicted molar refractivity (Wildman–Crippen MR) is 127 cm³/mol. The first-order chi connectivity index (χ1) is 16.6. The van der Waals surface area contributed by atoms with Gasteiger partial charge >= 0.3 is 0 Å². The first-order valence-corrected chi connectivity index (χ1v) is 11.0. The van der Waals surface area contributed by atoms with Crippen molar-refractivity contribution in [2.75, 3.05) is 20.3 Å². The summed E-state index contributed by atoms with van der Waals surface area (Å²) in [4.78, 5) is 21.8. The average molecular weight is 464 g/mol. The molecule has 0 spiro atoms. The Labute approximate surface area is 197 Å². The molecule has 1 aromatic carbocycles. The topological polar surface area (TPSA) is 93.0 Å². The minimum absolute atomic E-state index is 0.117. The van der Waals surface area contributed by atoms with Gasteiger partial charge in [0.15, 0.2) is 11.6 Å². The van der Waals surface area contributed by atoms with E-state index in [-0.39, 0.29) is 30.3 Å². The number of aliphatic imine (C=N–C) groups is 1. The third kappa shape index (κ3) is 5.77. The van der Waals surface area contributed by atoms with Gasteiger partial charge in [0, 0.05) is 36.3 Å². The summed E-state index contributed by atoms with van der Waals surface area (Å²) in [5.74, 6) is -0.0434. The second-order valence-electron chi connectivity index (χ2n) is 8.06. The number of amides is 1. The molecule has 1 saturated carbocycles. The van der Waals surface area contributed by atoms with Gasteiger partial charge in [-0.05, 0) is 54.2 Å². The molecule has 1 aromatic heterocycles. The van der Waals surface area contributed by atoms with Crippen LogP contribution in [0.25, 0.3) is 5.57 Å². The number of nitrogens with one attached hydrogen (secondary N) is 1. The van der Waals surface area contributed by atoms with E-state index in [2.05, 4.69) is 15.3 Å². The lowest BCUT2D eigenvalue weighted by Gasteiger charge is -2.15. The van der Waals surface area contributed by atoms with E-state index in [1.165, 1.54) is 19.2 Å². The number of pyridine rings is 1. The van der Waals surface area contributed by atoms with Crippen molar-refractivity contribution in [3.63, 3.8) is 0 Å². The Hall–Kier alpha value is -3.78. The van der Waals surface area contributed by atoms with Gasteiger partial charge in [-0.1, -0.05) is 18.2 Å². The van der Waals surface area contributed by atoms with Crippen molar-refractivity contribution in [2.24, 2.45) is 10.9 Å². The zero-order valence-corrected chi connectivity index (χ0v) is 18.8. The third-order valence-electron chi connectivity index (χ3n) is 5.53. The number of methoxy groups -OCH3 is 1. The second-order valence-corrected chi connectivity index (χ2v) is 8.06. The Morgan fingerprint density at radius 2 is 2.12 bits per heavy atom. The lowest BCUT2D eigenvalue weighted by molar-refractivity contribution is 0.0945. The molecule has 2 heterocycles. The Morgan fingerprint density at radius 3 is 2.85 bits per heavy atom. The lowest BCUT2D eigenvalue weighted by atomic mass is 9.98. The quantitative estimate of drug-likeness (QED) is 0.589. The van der Waals surface area contributed by atoms with E-state index in [0.29, 0.717) is 34.8 Å². The molecule has 176 valence electrons. The highest BCUT2D eigenvalue weighted by Crippen LogP contribution is 2.31. The molecule has 0 unspecified atom stereocenters. The van der Waals surface area contributed by atoms with Crippen LogP contribution in [0.1, 0.15) is 34.3 Å². The van der Waals surface area contributed by atoms with Gasteiger partial charge in [-0.15, -0.1) is 0 Å². The molecule has 1 fully saturated rings. The van der Waals surface area contributed by atoms with Crippen LogP contribution >= 0.6 is 0 Å². The average Bonchev–Trinajstić information content (AvgIpc) is 3.66. The highest BCUT2D eigenvalue weighted by molar-refractivity contribution is 5.97. The fourth-order valence-electron chi connectivity index (χ4n) is 3.42. The molecule has 34 heavy (non-hydrogen) atoms. The summed E-state index contributed by atoms with van der Waals surface area (Å²) in [6.07, 6.45) is 12.4. The first-order valence-electron chi connectivity index (χ1n) is 11.0. The molecule has 1 aliphatic heterocycles. The second kappa shape index (κ2) is 10.9. The molecular weight excluding hydrogens is 437 g/mol. The minimum Gasteiger partial charge on any atom is -0.494 e. The Kier molecular flexibility index (Phi) is 7.49. The molecule has 1 aliphatic carbocycles. The van der Waals surface area contributed by atoms with E-state index in [1.54, 1.807) is 49.0 Å². The van der Waals surface area contributed by atoms with Crippen LogP contribution in [-0.4, -0.2) is 42.5 Å². The van der Waals surface area contributed by atoms with Gasteiger partial charge in [0.2, 0.25) is 5.88 Å². The van der Waals surface area contributed by atoms with Crippen molar-refractivity contribution >= 4 is 17.7 Å². The number of carbonyl (C=O) groups excluding carboxylic acids is 1. The highest BCUT2D eigenvalue weighted by Gasteiger charge is 2.24. The number of hydrogen-bond donors (Lipinski definition) is 2. The molecule has 8 heteroatoms. The minimum atomic E-state index is -0.500. The van der Waals surface area contributed by atoms with Gasteiger partial charge in [0.25, 0.3) is 5.91 Å². The van der Waals surface area contributed by atoms with Crippen molar-refractivity contribution in [2.45, 2.75) is 19.4 Å². The molecule has 0 bridgehead atoms. The predicted octanol–water partition coefficient (Wildman–Crippen LogP) is 3.85. The van der Waals surface area contributed by atoms with Gasteiger partial charge in [-0.3, -0.25) is 9.79 Å². The molecule has 2 aliphatic rings. The number of nitrogens with zero attached hydrogens (tertiary/aromatic N) is 2. The summed E-state index contributed by atoms with van der Waals surface area (Å²) >= 11 is 0. The molecule has 2 aromatic rings. The van der Waals surface area contributed by atoms with E-state index in [9.17, 15) is 14.3 Å². The van der Waals surface area contributed by atoms with Gasteiger partial charge in [0.05, 0.1) is 20.3 Å². The highest BCUT2D eigenvalue weighted by atomic mass is 19.1. The van der Waals surface area contributed by atoms with Gasteiger partial charge in [0.1, 0.15) is 5.56 Å². The van der Waals surface area contributed by atoms with E-state index in [4.69, 9.17) is 9.47 Å². The van der Waals surface area contributed by atoms with E-state index >= 15 is 0 Å². The van der Waals surface area contributed by atoms with Crippen LogP contribution in [-0.2, 0) is 6.54 Å². The van der Waals surface area contributed by atoms with Crippen LogP contribution in [0.15, 0.2) is 65.5 Å². The standard InChI is InChI=1S/C26H26FN3O4/c1-33-24-8-7-18(10-23(24)27)12-29-25(32)21-11-20(13-30-26(21)34-16-17-5-6-17)22-14-28-9-3-2-4-19(22)15-31/h2-4,7-11,13-14,17,31H,5-6,12,15-16H2,1H3,(H,29,32)/b3-2+,4-2?,9-3?,19-4-,22-14-,22-19?,28-9-,28-14?. The molecule has 0 atom stereocenters. The molecule has 7 nitrogen and oxygen atoms in total. The van der Waals surface area contributed by atoms with Crippen LogP contribution in [0.4, 0.5) is 4.39 Å². The Bertz CT molecular complexity index is 1180. The van der Waals surface area contributed by atoms with Gasteiger partial charge in [-0.25, -0.2) is 9.37 Å². The third-order valence-corrected chi connectivity index (χ3v) is 5.53. The number of rotatable bonds is 9. The van der Waals surface area contributed by atoms with E-state index < -0.39 is 11.7 Å². The Morgan fingerprint density at radius 1 is 1.26 bits per heavy atom. The summed E-state index contributed by atoms with van der Waals surface area (Å²) in [6, 6.07) is 6.20. The molecule has 4 rings (SSSR count). The summed E-state index contributed by atoms with van der Waals surface area (Å²) in [6.45, 7) is 0.414. The fourth-order valence-corrected chi connectivity index (χ4v) is 3.42. The number of halogens is 1. The van der Waals surface area contributed by atoms with Crippen LogP contribution in [0, 0.1) is 11.7 Å². The zero-order chi connectivity index (χ0) is 23.9. The van der Waals surface area contributed by atoms with Crippen LogP contribution < -0.4 is 14.8 Å². The van der Waals surface area contributed by atoms with Crippen molar-refractivity contribution in [1.82, 2.24) is 10.3 Å². The number of aliphatic hydroxyl groups excluding tert-OH is 1. The first kappa shape index (κ1) is 23.4. The SMILES string of the molecule is COc1ccc(CNC(=O)c2cc(C3=C\N=C/C=C/C=C\3CO)cnc2OCC2CC2)cc1F. The summed E-state index contributed by atoms with van der Waals surface area (Å²) in [5, 5.41) is 12.6. The molecule has 0 saturated heterocycles. The maximum absolute atomic E-state index is 14.0. The normalized spacial score (nSPS) is 20.1. The number of allylic oxidation sites excluding steroid dienone is 3. The number of ether oxygens (including phenoxy) is 2. The van der Waals surface area contributed by atoms with E-state index in [0.717, 1.165) is 12.8 Å². The number of aromatic nitrogens is 1. The number of aliphatic hydroxyl groups is 1. The van der Waals surface area contributed by atoms with Crippen molar-refractivity contribution in [3.05, 3.63) is 83.0 Å². The monoisotopic (exact) mass is 463 g/mol. The number of benzene rings is 1. The van der Waals surface area contributed by atoms with Gasteiger partial charge in [-0.2, -0.15) is 0 Å². The Balaban J connectivity index is 1.60. The van der Waals surface area contributed by atoms with Crippen LogP contribution in [0.2, 0.25) is 0 Å². The largest absolute Gasteiger partial charge is 0.494 e. The molecule has 2 N–H and O–H groups in total. The molecule has 0 radical (unpaired) electrons. The lowest BCUT2D eigenvalue weighted by Crippen LogP contribution is -2.24. The van der Waals surface area contributed by atoms with Crippen LogP contribution in [0.3, 0.4) is 0 Å². The maximum atomic E-state index is 14.0. The number of carbonyl (C=O) groups is 1. The van der Waals surface area contributed by atoms with Crippen molar-refractivity contribution < 1.29 is 23.8 Å². The number of hydrogen-bond acceptors (Lipinski definition) is 6. The van der Waals surface area contributed by atoms with Crippen LogP contribution in [0.5, 0.6) is 11.6 Å². The van der Waals surface area contributed by atoms with Crippen molar-refractivity contribution in [3.8, 4) is 11.6 Å². The smallest absolute Gasteiger partial charge is 0.257 e. The van der Waals surface area contributed by atoms with Gasteiger partial charge < -0.3 is 19.9 Å². The summed E-state index contributed by atoms with van der Waals surface area (Å²) in [5.41, 5.74) is 2.75. The zero-order valence-electron chi connectivity index (χ0n) is 18.8. The van der Waals surface area contributed by atoms with E-state index in [1.807, 2.05) is 0 Å².